The zero-order valence-corrected chi connectivity index (χ0v) is 12.5. The minimum atomic E-state index is -0.321. The molecule has 6 heteroatoms. The standard InChI is InChI=1S/C13H20ClN5/c1-5-18-11(6-9(4)17-18)12(15)13-10(14)7-16-19(13)8(2)3/h6-8,12H,5,15H2,1-4H3. The smallest absolute Gasteiger partial charge is 0.0909 e. The summed E-state index contributed by atoms with van der Waals surface area (Å²) in [6.45, 7) is 8.90. The minimum absolute atomic E-state index is 0.215. The van der Waals surface area contributed by atoms with E-state index in [2.05, 4.69) is 24.0 Å². The van der Waals surface area contributed by atoms with Gasteiger partial charge in [-0.15, -0.1) is 0 Å². The van der Waals surface area contributed by atoms with Crippen molar-refractivity contribution >= 4 is 11.6 Å². The van der Waals surface area contributed by atoms with Crippen molar-refractivity contribution in [2.24, 2.45) is 5.73 Å². The quantitative estimate of drug-likeness (QED) is 0.937. The predicted molar refractivity (Wildman–Crippen MR) is 76.3 cm³/mol. The first-order chi connectivity index (χ1) is 8.95. The van der Waals surface area contributed by atoms with Crippen molar-refractivity contribution in [1.82, 2.24) is 19.6 Å². The van der Waals surface area contributed by atoms with Crippen LogP contribution in [0, 0.1) is 6.92 Å². The highest BCUT2D eigenvalue weighted by Gasteiger charge is 2.23. The van der Waals surface area contributed by atoms with Crippen LogP contribution in [0.1, 0.15) is 49.9 Å². The Morgan fingerprint density at radius 3 is 2.68 bits per heavy atom. The molecule has 104 valence electrons. The van der Waals surface area contributed by atoms with Crippen molar-refractivity contribution in [2.75, 3.05) is 0 Å². The van der Waals surface area contributed by atoms with E-state index >= 15 is 0 Å². The molecule has 0 aliphatic heterocycles. The summed E-state index contributed by atoms with van der Waals surface area (Å²) in [6.07, 6.45) is 1.65. The molecule has 1 atom stereocenters. The van der Waals surface area contributed by atoms with Crippen LogP contribution in [0.25, 0.3) is 0 Å². The molecule has 0 amide bonds. The lowest BCUT2D eigenvalue weighted by Crippen LogP contribution is -2.22. The largest absolute Gasteiger partial charge is 0.318 e. The number of halogens is 1. The van der Waals surface area contributed by atoms with Crippen LogP contribution >= 0.6 is 11.6 Å². The van der Waals surface area contributed by atoms with Gasteiger partial charge in [-0.25, -0.2) is 0 Å². The van der Waals surface area contributed by atoms with Crippen molar-refractivity contribution in [1.29, 1.82) is 0 Å². The van der Waals surface area contributed by atoms with Crippen LogP contribution < -0.4 is 5.73 Å². The number of nitrogens with zero attached hydrogens (tertiary/aromatic N) is 4. The average Bonchev–Trinajstić information content (AvgIpc) is 2.91. The van der Waals surface area contributed by atoms with Gasteiger partial charge in [0, 0.05) is 12.6 Å². The van der Waals surface area contributed by atoms with Crippen molar-refractivity contribution < 1.29 is 0 Å². The summed E-state index contributed by atoms with van der Waals surface area (Å²) in [7, 11) is 0. The van der Waals surface area contributed by atoms with Crippen molar-refractivity contribution in [3.63, 3.8) is 0 Å². The van der Waals surface area contributed by atoms with E-state index in [1.807, 2.05) is 29.3 Å². The van der Waals surface area contributed by atoms with E-state index in [0.29, 0.717) is 5.02 Å². The van der Waals surface area contributed by atoms with E-state index in [0.717, 1.165) is 23.6 Å². The van der Waals surface area contributed by atoms with E-state index < -0.39 is 0 Å². The monoisotopic (exact) mass is 281 g/mol. The third kappa shape index (κ3) is 2.53. The molecule has 2 N–H and O–H groups in total. The molecule has 0 bridgehead atoms. The summed E-state index contributed by atoms with van der Waals surface area (Å²) in [5.41, 5.74) is 9.14. The van der Waals surface area contributed by atoms with E-state index in [4.69, 9.17) is 17.3 Å². The molecular weight excluding hydrogens is 262 g/mol. The molecule has 2 aromatic heterocycles. The molecule has 2 aromatic rings. The third-order valence-corrected chi connectivity index (χ3v) is 3.41. The number of rotatable bonds is 4. The summed E-state index contributed by atoms with van der Waals surface area (Å²) in [6, 6.07) is 1.90. The first kappa shape index (κ1) is 14.1. The third-order valence-electron chi connectivity index (χ3n) is 3.12. The second-order valence-electron chi connectivity index (χ2n) is 4.92. The highest BCUT2D eigenvalue weighted by Crippen LogP contribution is 2.28. The summed E-state index contributed by atoms with van der Waals surface area (Å²) >= 11 is 6.24. The van der Waals surface area contributed by atoms with Gasteiger partial charge in [-0.1, -0.05) is 11.6 Å². The Bertz CT molecular complexity index is 570. The first-order valence-electron chi connectivity index (χ1n) is 6.48. The Labute approximate surface area is 118 Å². The predicted octanol–water partition coefficient (Wildman–Crippen LogP) is 2.69. The fourth-order valence-corrected chi connectivity index (χ4v) is 2.51. The van der Waals surface area contributed by atoms with Crippen molar-refractivity contribution in [2.45, 2.75) is 46.3 Å². The summed E-state index contributed by atoms with van der Waals surface area (Å²) in [4.78, 5) is 0. The molecule has 2 heterocycles. The molecule has 19 heavy (non-hydrogen) atoms. The van der Waals surface area contributed by atoms with E-state index in [1.54, 1.807) is 6.20 Å². The lowest BCUT2D eigenvalue weighted by Gasteiger charge is -2.18. The van der Waals surface area contributed by atoms with Crippen LogP contribution in [0.2, 0.25) is 5.02 Å². The van der Waals surface area contributed by atoms with Gasteiger partial charge >= 0.3 is 0 Å². The molecule has 1 unspecified atom stereocenters. The summed E-state index contributed by atoms with van der Waals surface area (Å²) in [5, 5.41) is 9.33. The van der Waals surface area contributed by atoms with Gasteiger partial charge in [0.25, 0.3) is 0 Å². The van der Waals surface area contributed by atoms with Crippen LogP contribution in [0.4, 0.5) is 0 Å². The molecule has 0 aromatic carbocycles. The Morgan fingerprint density at radius 1 is 1.42 bits per heavy atom. The van der Waals surface area contributed by atoms with Gasteiger partial charge in [-0.2, -0.15) is 10.2 Å². The maximum absolute atomic E-state index is 6.38. The van der Waals surface area contributed by atoms with E-state index in [1.165, 1.54) is 0 Å². The Hall–Kier alpha value is -1.33. The highest BCUT2D eigenvalue weighted by molar-refractivity contribution is 6.31. The molecule has 0 saturated heterocycles. The van der Waals surface area contributed by atoms with Gasteiger partial charge in [0.15, 0.2) is 0 Å². The Morgan fingerprint density at radius 2 is 2.11 bits per heavy atom. The second kappa shape index (κ2) is 5.35. The average molecular weight is 282 g/mol. The topological polar surface area (TPSA) is 61.7 Å². The first-order valence-corrected chi connectivity index (χ1v) is 6.86. The lowest BCUT2D eigenvalue weighted by molar-refractivity contribution is 0.489. The zero-order chi connectivity index (χ0) is 14.2. The van der Waals surface area contributed by atoms with Gasteiger partial charge in [0.05, 0.1) is 34.3 Å². The summed E-state index contributed by atoms with van der Waals surface area (Å²) < 4.78 is 3.78. The van der Waals surface area contributed by atoms with Gasteiger partial charge in [-0.05, 0) is 33.8 Å². The molecular formula is C13H20ClN5. The van der Waals surface area contributed by atoms with Crippen LogP contribution in [0.15, 0.2) is 12.3 Å². The molecule has 0 aliphatic rings. The lowest BCUT2D eigenvalue weighted by atomic mass is 10.1. The van der Waals surface area contributed by atoms with Crippen LogP contribution in [0.3, 0.4) is 0 Å². The highest BCUT2D eigenvalue weighted by atomic mass is 35.5. The maximum atomic E-state index is 6.38. The van der Waals surface area contributed by atoms with E-state index in [-0.39, 0.29) is 12.1 Å². The second-order valence-corrected chi connectivity index (χ2v) is 5.33. The number of aromatic nitrogens is 4. The van der Waals surface area contributed by atoms with Crippen LogP contribution in [-0.2, 0) is 6.54 Å². The molecule has 0 radical (unpaired) electrons. The SMILES string of the molecule is CCn1nc(C)cc1C(N)c1c(Cl)cnn1C(C)C. The molecule has 0 saturated carbocycles. The number of aryl methyl sites for hydroxylation is 2. The molecule has 0 fully saturated rings. The molecule has 2 rings (SSSR count). The van der Waals surface area contributed by atoms with Crippen molar-refractivity contribution in [3.8, 4) is 0 Å². The minimum Gasteiger partial charge on any atom is -0.318 e. The summed E-state index contributed by atoms with van der Waals surface area (Å²) in [5.74, 6) is 0. The molecule has 0 aliphatic carbocycles. The molecule has 5 nitrogen and oxygen atoms in total. The van der Waals surface area contributed by atoms with Gasteiger partial charge < -0.3 is 5.73 Å². The van der Waals surface area contributed by atoms with Crippen molar-refractivity contribution in [3.05, 3.63) is 34.4 Å². The number of hydrogen-bond acceptors (Lipinski definition) is 3. The Balaban J connectivity index is 2.49. The van der Waals surface area contributed by atoms with Gasteiger partial charge in [-0.3, -0.25) is 9.36 Å². The molecule has 0 spiro atoms. The maximum Gasteiger partial charge on any atom is 0.0909 e. The number of nitrogens with two attached hydrogens (primary N) is 1. The zero-order valence-electron chi connectivity index (χ0n) is 11.8. The fraction of sp³-hybridized carbons (Fsp3) is 0.538. The normalized spacial score (nSPS) is 13.2. The van der Waals surface area contributed by atoms with Gasteiger partial charge in [0.1, 0.15) is 0 Å². The Kier molecular flexibility index (Phi) is 3.96. The number of hydrogen-bond donors (Lipinski definition) is 1. The fourth-order valence-electron chi connectivity index (χ4n) is 2.26. The van der Waals surface area contributed by atoms with Crippen LogP contribution in [0.5, 0.6) is 0 Å². The van der Waals surface area contributed by atoms with Crippen LogP contribution in [-0.4, -0.2) is 19.6 Å². The van der Waals surface area contributed by atoms with E-state index in [9.17, 15) is 0 Å². The van der Waals surface area contributed by atoms with Gasteiger partial charge in [0.2, 0.25) is 0 Å².